The Morgan fingerprint density at radius 3 is 2.50 bits per heavy atom. The van der Waals surface area contributed by atoms with Crippen molar-refractivity contribution in [2.45, 2.75) is 25.6 Å². The van der Waals surface area contributed by atoms with Gasteiger partial charge in [0.05, 0.1) is 5.88 Å². The summed E-state index contributed by atoms with van der Waals surface area (Å²) in [6, 6.07) is 11.5. The van der Waals surface area contributed by atoms with Crippen LogP contribution in [0.5, 0.6) is 11.5 Å². The molecule has 0 amide bonds. The van der Waals surface area contributed by atoms with Gasteiger partial charge in [-0.3, -0.25) is 0 Å². The molecule has 20 heavy (non-hydrogen) atoms. The first-order valence-electron chi connectivity index (χ1n) is 6.33. The van der Waals surface area contributed by atoms with E-state index in [1.165, 1.54) is 0 Å². The molecule has 0 N–H and O–H groups in total. The van der Waals surface area contributed by atoms with E-state index in [0.29, 0.717) is 22.6 Å². The second kappa shape index (κ2) is 6.84. The molecule has 106 valence electrons. The highest BCUT2D eigenvalue weighted by molar-refractivity contribution is 9.10. The quantitative estimate of drug-likeness (QED) is 0.538. The predicted molar refractivity (Wildman–Crippen MR) is 89.3 cm³/mol. The van der Waals surface area contributed by atoms with Gasteiger partial charge in [-0.1, -0.05) is 47.4 Å². The molecule has 2 aromatic carbocycles. The van der Waals surface area contributed by atoms with E-state index in [0.717, 1.165) is 21.3 Å². The van der Waals surface area contributed by atoms with Gasteiger partial charge in [-0.15, -0.1) is 11.6 Å². The summed E-state index contributed by atoms with van der Waals surface area (Å²) in [4.78, 5) is 0. The number of hydrogen-bond donors (Lipinski definition) is 0. The molecule has 0 spiro atoms. The van der Waals surface area contributed by atoms with Crippen LogP contribution in [0.4, 0.5) is 0 Å². The monoisotopic (exact) mass is 372 g/mol. The van der Waals surface area contributed by atoms with E-state index in [1.807, 2.05) is 24.3 Å². The molecule has 0 atom stereocenters. The Kier molecular flexibility index (Phi) is 5.36. The fourth-order valence-electron chi connectivity index (χ4n) is 1.92. The predicted octanol–water partition coefficient (Wildman–Crippen LogP) is 6.76. The van der Waals surface area contributed by atoms with Gasteiger partial charge in [-0.2, -0.15) is 0 Å². The topological polar surface area (TPSA) is 9.23 Å². The summed E-state index contributed by atoms with van der Waals surface area (Å²) < 4.78 is 7.08. The van der Waals surface area contributed by atoms with Crippen LogP contribution in [0.2, 0.25) is 5.02 Å². The lowest BCUT2D eigenvalue weighted by Crippen LogP contribution is -1.96. The second-order valence-corrected chi connectivity index (χ2v) is 6.44. The van der Waals surface area contributed by atoms with Crippen molar-refractivity contribution >= 4 is 39.1 Å². The lowest BCUT2D eigenvalue weighted by Gasteiger charge is -2.16. The van der Waals surface area contributed by atoms with Crippen LogP contribution in [-0.4, -0.2) is 0 Å². The molecule has 0 saturated heterocycles. The van der Waals surface area contributed by atoms with Crippen LogP contribution in [0.1, 0.15) is 30.9 Å². The largest absolute Gasteiger partial charge is 0.457 e. The molecule has 0 aliphatic rings. The smallest absolute Gasteiger partial charge is 0.133 e. The van der Waals surface area contributed by atoms with Gasteiger partial charge in [0.25, 0.3) is 0 Å². The van der Waals surface area contributed by atoms with Gasteiger partial charge in [-0.25, -0.2) is 0 Å². The molecule has 2 aromatic rings. The Morgan fingerprint density at radius 2 is 1.85 bits per heavy atom. The Bertz CT molecular complexity index is 611. The summed E-state index contributed by atoms with van der Waals surface area (Å²) >= 11 is 15.5. The molecule has 0 aliphatic carbocycles. The molecular weight excluding hydrogens is 359 g/mol. The van der Waals surface area contributed by atoms with E-state index in [4.69, 9.17) is 27.9 Å². The van der Waals surface area contributed by atoms with Crippen LogP contribution in [0.15, 0.2) is 40.9 Å². The molecule has 0 unspecified atom stereocenters. The van der Waals surface area contributed by atoms with E-state index < -0.39 is 0 Å². The summed E-state index contributed by atoms with van der Waals surface area (Å²) in [5.41, 5.74) is 2.06. The first-order valence-corrected chi connectivity index (χ1v) is 8.03. The van der Waals surface area contributed by atoms with E-state index >= 15 is 0 Å². The minimum Gasteiger partial charge on any atom is -0.457 e. The average molecular weight is 374 g/mol. The van der Waals surface area contributed by atoms with E-state index in [-0.39, 0.29) is 0 Å². The first kappa shape index (κ1) is 15.7. The molecule has 0 heterocycles. The van der Waals surface area contributed by atoms with Crippen molar-refractivity contribution in [3.05, 3.63) is 57.0 Å². The van der Waals surface area contributed by atoms with Gasteiger partial charge in [0.1, 0.15) is 11.5 Å². The third kappa shape index (κ3) is 3.69. The van der Waals surface area contributed by atoms with Gasteiger partial charge < -0.3 is 4.74 Å². The summed E-state index contributed by atoms with van der Waals surface area (Å²) in [6.07, 6.45) is 0. The number of halogens is 3. The van der Waals surface area contributed by atoms with Crippen molar-refractivity contribution in [3.63, 3.8) is 0 Å². The molecule has 0 bridgehead atoms. The third-order valence-electron chi connectivity index (χ3n) is 2.99. The molecule has 1 nitrogen and oxygen atoms in total. The van der Waals surface area contributed by atoms with Crippen LogP contribution in [0.3, 0.4) is 0 Å². The Hall–Kier alpha value is -0.700. The van der Waals surface area contributed by atoms with Gasteiger partial charge in [0.2, 0.25) is 0 Å². The molecule has 0 fully saturated rings. The zero-order valence-electron chi connectivity index (χ0n) is 11.3. The third-order valence-corrected chi connectivity index (χ3v) is 4.00. The zero-order chi connectivity index (χ0) is 14.7. The number of hydrogen-bond acceptors (Lipinski definition) is 1. The van der Waals surface area contributed by atoms with E-state index in [1.54, 1.807) is 6.07 Å². The van der Waals surface area contributed by atoms with Gasteiger partial charge >= 0.3 is 0 Å². The fourth-order valence-corrected chi connectivity index (χ4v) is 2.68. The lowest BCUT2D eigenvalue weighted by molar-refractivity contribution is 0.469. The second-order valence-electron chi connectivity index (χ2n) is 4.82. The molecular formula is C16H15BrCl2O. The standard InChI is InChI=1S/C16H15BrCl2O/c1-10(2)14-7-12(17)4-6-15(14)20-16-8-13(19)5-3-11(16)9-18/h3-8,10H,9H2,1-2H3. The number of benzene rings is 2. The zero-order valence-corrected chi connectivity index (χ0v) is 14.4. The van der Waals surface area contributed by atoms with Crippen molar-refractivity contribution < 1.29 is 4.74 Å². The molecule has 2 rings (SSSR count). The van der Waals surface area contributed by atoms with Gasteiger partial charge in [0.15, 0.2) is 0 Å². The van der Waals surface area contributed by atoms with Crippen molar-refractivity contribution in [1.29, 1.82) is 0 Å². The van der Waals surface area contributed by atoms with Crippen molar-refractivity contribution in [2.75, 3.05) is 0 Å². The summed E-state index contributed by atoms with van der Waals surface area (Å²) in [7, 11) is 0. The normalized spacial score (nSPS) is 10.9. The molecule has 4 heteroatoms. The summed E-state index contributed by atoms with van der Waals surface area (Å²) in [5.74, 6) is 2.29. The highest BCUT2D eigenvalue weighted by atomic mass is 79.9. The summed E-state index contributed by atoms with van der Waals surface area (Å²) in [5, 5.41) is 0.636. The van der Waals surface area contributed by atoms with Crippen molar-refractivity contribution in [1.82, 2.24) is 0 Å². The van der Waals surface area contributed by atoms with E-state index in [9.17, 15) is 0 Å². The molecule has 0 saturated carbocycles. The molecule has 0 aromatic heterocycles. The SMILES string of the molecule is CC(C)c1cc(Br)ccc1Oc1cc(Cl)ccc1CCl. The average Bonchev–Trinajstić information content (AvgIpc) is 2.41. The number of ether oxygens (including phenoxy) is 1. The van der Waals surface area contributed by atoms with Gasteiger partial charge in [-0.05, 0) is 41.8 Å². The van der Waals surface area contributed by atoms with Crippen LogP contribution in [-0.2, 0) is 5.88 Å². The first-order chi connectivity index (χ1) is 9.51. The highest BCUT2D eigenvalue weighted by Gasteiger charge is 2.12. The van der Waals surface area contributed by atoms with Crippen molar-refractivity contribution in [3.8, 4) is 11.5 Å². The van der Waals surface area contributed by atoms with Gasteiger partial charge in [0, 0.05) is 15.1 Å². The Morgan fingerprint density at radius 1 is 1.10 bits per heavy atom. The molecule has 0 aliphatic heterocycles. The van der Waals surface area contributed by atoms with Crippen LogP contribution < -0.4 is 4.74 Å². The maximum atomic E-state index is 6.04. The maximum absolute atomic E-state index is 6.04. The minimum atomic E-state index is 0.362. The Labute approximate surface area is 138 Å². The van der Waals surface area contributed by atoms with Crippen LogP contribution in [0, 0.1) is 0 Å². The van der Waals surface area contributed by atoms with E-state index in [2.05, 4.69) is 35.8 Å². The van der Waals surface area contributed by atoms with Crippen LogP contribution >= 0.6 is 39.1 Å². The highest BCUT2D eigenvalue weighted by Crippen LogP contribution is 2.35. The number of rotatable bonds is 4. The van der Waals surface area contributed by atoms with Crippen molar-refractivity contribution in [2.24, 2.45) is 0 Å². The van der Waals surface area contributed by atoms with Crippen LogP contribution in [0.25, 0.3) is 0 Å². The Balaban J connectivity index is 2.42. The maximum Gasteiger partial charge on any atom is 0.133 e. The number of alkyl halides is 1. The fraction of sp³-hybridized carbons (Fsp3) is 0.250. The minimum absolute atomic E-state index is 0.362. The summed E-state index contributed by atoms with van der Waals surface area (Å²) in [6.45, 7) is 4.27. The molecule has 0 radical (unpaired) electrons. The lowest BCUT2D eigenvalue weighted by atomic mass is 10.0.